The Morgan fingerprint density at radius 1 is 1.44 bits per heavy atom. The molecule has 1 aromatic carbocycles. The Morgan fingerprint density at radius 2 is 2.22 bits per heavy atom. The second kappa shape index (κ2) is 5.67. The van der Waals surface area contributed by atoms with Gasteiger partial charge in [0.25, 0.3) is 0 Å². The molecule has 1 aromatic heterocycles. The maximum atomic E-state index is 5.91. The van der Waals surface area contributed by atoms with Gasteiger partial charge in [0.1, 0.15) is 5.82 Å². The van der Waals surface area contributed by atoms with Crippen LogP contribution >= 0.6 is 15.9 Å². The van der Waals surface area contributed by atoms with Crippen molar-refractivity contribution in [2.75, 3.05) is 0 Å². The summed E-state index contributed by atoms with van der Waals surface area (Å²) >= 11 is 3.58. The molecule has 0 aliphatic carbocycles. The van der Waals surface area contributed by atoms with Gasteiger partial charge >= 0.3 is 0 Å². The molecule has 3 nitrogen and oxygen atoms in total. The van der Waals surface area contributed by atoms with E-state index >= 15 is 0 Å². The van der Waals surface area contributed by atoms with E-state index < -0.39 is 0 Å². The lowest BCUT2D eigenvalue weighted by molar-refractivity contribution is 0.800. The maximum Gasteiger partial charge on any atom is 0.113 e. The van der Waals surface area contributed by atoms with Gasteiger partial charge in [0.05, 0.1) is 0 Å². The van der Waals surface area contributed by atoms with Crippen LogP contribution in [0.2, 0.25) is 0 Å². The average Bonchev–Trinajstić information content (AvgIpc) is 2.77. The van der Waals surface area contributed by atoms with Gasteiger partial charge < -0.3 is 10.3 Å². The fourth-order valence-corrected chi connectivity index (χ4v) is 2.74. The number of rotatable bonds is 4. The second-order valence-electron chi connectivity index (χ2n) is 4.46. The highest BCUT2D eigenvalue weighted by atomic mass is 79.9. The van der Waals surface area contributed by atoms with E-state index in [9.17, 15) is 0 Å². The van der Waals surface area contributed by atoms with Gasteiger partial charge in [-0.15, -0.1) is 0 Å². The third kappa shape index (κ3) is 2.65. The summed E-state index contributed by atoms with van der Waals surface area (Å²) in [7, 11) is 0. The molecule has 0 aliphatic heterocycles. The van der Waals surface area contributed by atoms with Crippen LogP contribution in [0, 0.1) is 0 Å². The van der Waals surface area contributed by atoms with Crippen molar-refractivity contribution in [2.24, 2.45) is 5.73 Å². The SMILES string of the molecule is CCCc1nccn1-c1ccc([C@H](C)N)c(Br)c1. The van der Waals surface area contributed by atoms with Crippen molar-refractivity contribution >= 4 is 15.9 Å². The van der Waals surface area contributed by atoms with E-state index in [2.05, 4.69) is 50.6 Å². The molecule has 0 unspecified atom stereocenters. The number of nitrogens with two attached hydrogens (primary N) is 1. The minimum absolute atomic E-state index is 0.0336. The van der Waals surface area contributed by atoms with Crippen LogP contribution in [0.25, 0.3) is 5.69 Å². The fourth-order valence-electron chi connectivity index (χ4n) is 2.01. The number of halogens is 1. The van der Waals surface area contributed by atoms with Gasteiger partial charge in [0, 0.05) is 35.0 Å². The lowest BCUT2D eigenvalue weighted by atomic mass is 10.1. The van der Waals surface area contributed by atoms with E-state index in [0.717, 1.165) is 34.4 Å². The van der Waals surface area contributed by atoms with E-state index in [1.54, 1.807) is 0 Å². The molecule has 1 heterocycles. The van der Waals surface area contributed by atoms with Crippen molar-refractivity contribution in [3.8, 4) is 5.69 Å². The van der Waals surface area contributed by atoms with Crippen LogP contribution < -0.4 is 5.73 Å². The molecule has 0 spiro atoms. The van der Waals surface area contributed by atoms with Crippen LogP contribution in [0.1, 0.15) is 37.7 Å². The Morgan fingerprint density at radius 3 is 2.83 bits per heavy atom. The van der Waals surface area contributed by atoms with Crippen molar-refractivity contribution in [2.45, 2.75) is 32.7 Å². The Labute approximate surface area is 116 Å². The number of nitrogens with zero attached hydrogens (tertiary/aromatic N) is 2. The monoisotopic (exact) mass is 307 g/mol. The molecule has 0 saturated heterocycles. The summed E-state index contributed by atoms with van der Waals surface area (Å²) < 4.78 is 3.17. The molecule has 0 radical (unpaired) electrons. The number of benzene rings is 1. The third-order valence-electron chi connectivity index (χ3n) is 2.94. The quantitative estimate of drug-likeness (QED) is 0.937. The molecular formula is C14H18BrN3. The first kappa shape index (κ1) is 13.3. The first-order valence-electron chi connectivity index (χ1n) is 6.21. The zero-order valence-corrected chi connectivity index (χ0v) is 12.3. The van der Waals surface area contributed by atoms with Crippen molar-refractivity contribution in [1.82, 2.24) is 9.55 Å². The molecule has 2 N–H and O–H groups in total. The van der Waals surface area contributed by atoms with Crippen LogP contribution in [0.4, 0.5) is 0 Å². The first-order valence-corrected chi connectivity index (χ1v) is 7.00. The number of aromatic nitrogens is 2. The van der Waals surface area contributed by atoms with E-state index in [1.165, 1.54) is 0 Å². The minimum Gasteiger partial charge on any atom is -0.324 e. The molecule has 1 atom stereocenters. The fraction of sp³-hybridized carbons (Fsp3) is 0.357. The van der Waals surface area contributed by atoms with E-state index in [-0.39, 0.29) is 6.04 Å². The van der Waals surface area contributed by atoms with Gasteiger partial charge in [-0.3, -0.25) is 0 Å². The number of aryl methyl sites for hydroxylation is 1. The largest absolute Gasteiger partial charge is 0.324 e. The molecule has 4 heteroatoms. The van der Waals surface area contributed by atoms with Crippen LogP contribution in [-0.4, -0.2) is 9.55 Å². The standard InChI is InChI=1S/C14H18BrN3/c1-3-4-14-17-7-8-18(14)11-5-6-12(10(2)16)13(15)9-11/h5-10H,3-4,16H2,1-2H3/t10-/m0/s1. The van der Waals surface area contributed by atoms with Crippen molar-refractivity contribution in [3.63, 3.8) is 0 Å². The molecule has 0 aliphatic rings. The zero-order chi connectivity index (χ0) is 13.1. The smallest absolute Gasteiger partial charge is 0.113 e. The van der Waals surface area contributed by atoms with Crippen LogP contribution in [0.3, 0.4) is 0 Å². The van der Waals surface area contributed by atoms with Gasteiger partial charge in [-0.25, -0.2) is 4.98 Å². The second-order valence-corrected chi connectivity index (χ2v) is 5.31. The van der Waals surface area contributed by atoms with Crippen LogP contribution in [0.5, 0.6) is 0 Å². The summed E-state index contributed by atoms with van der Waals surface area (Å²) in [5, 5.41) is 0. The van der Waals surface area contributed by atoms with Crippen LogP contribution in [0.15, 0.2) is 35.1 Å². The molecule has 18 heavy (non-hydrogen) atoms. The molecule has 0 amide bonds. The maximum absolute atomic E-state index is 5.91. The predicted molar refractivity (Wildman–Crippen MR) is 77.9 cm³/mol. The molecule has 2 aromatic rings. The van der Waals surface area contributed by atoms with E-state index in [0.29, 0.717) is 0 Å². The van der Waals surface area contributed by atoms with Gasteiger partial charge in [-0.1, -0.05) is 28.9 Å². The van der Waals surface area contributed by atoms with Crippen molar-refractivity contribution in [1.29, 1.82) is 0 Å². The summed E-state index contributed by atoms with van der Waals surface area (Å²) in [6, 6.07) is 6.29. The Hall–Kier alpha value is -1.13. The molecular weight excluding hydrogens is 290 g/mol. The third-order valence-corrected chi connectivity index (χ3v) is 3.63. The summed E-state index contributed by atoms with van der Waals surface area (Å²) in [6.07, 6.45) is 5.92. The highest BCUT2D eigenvalue weighted by Crippen LogP contribution is 2.25. The number of hydrogen-bond donors (Lipinski definition) is 1. The topological polar surface area (TPSA) is 43.8 Å². The lowest BCUT2D eigenvalue weighted by Crippen LogP contribution is -2.07. The van der Waals surface area contributed by atoms with Gasteiger partial charge in [0.15, 0.2) is 0 Å². The Kier molecular flexibility index (Phi) is 4.19. The summed E-state index contributed by atoms with van der Waals surface area (Å²) in [5.41, 5.74) is 8.15. The highest BCUT2D eigenvalue weighted by Gasteiger charge is 2.08. The molecule has 0 fully saturated rings. The Balaban J connectivity index is 2.39. The summed E-state index contributed by atoms with van der Waals surface area (Å²) in [6.45, 7) is 4.15. The first-order chi connectivity index (χ1) is 8.63. The van der Waals surface area contributed by atoms with Crippen molar-refractivity contribution < 1.29 is 0 Å². The molecule has 0 bridgehead atoms. The zero-order valence-electron chi connectivity index (χ0n) is 10.7. The minimum atomic E-state index is 0.0336. The molecule has 2 rings (SSSR count). The summed E-state index contributed by atoms with van der Waals surface area (Å²) in [4.78, 5) is 4.39. The average molecular weight is 308 g/mol. The summed E-state index contributed by atoms with van der Waals surface area (Å²) in [5.74, 6) is 1.10. The normalized spacial score (nSPS) is 12.7. The van der Waals surface area contributed by atoms with Crippen LogP contribution in [-0.2, 0) is 6.42 Å². The molecule has 0 saturated carbocycles. The van der Waals surface area contributed by atoms with Gasteiger partial charge in [-0.05, 0) is 31.0 Å². The Bertz CT molecular complexity index is 532. The van der Waals surface area contributed by atoms with E-state index in [1.807, 2.05) is 19.3 Å². The highest BCUT2D eigenvalue weighted by molar-refractivity contribution is 9.10. The number of imidazole rings is 1. The van der Waals surface area contributed by atoms with Gasteiger partial charge in [-0.2, -0.15) is 0 Å². The molecule has 96 valence electrons. The lowest BCUT2D eigenvalue weighted by Gasteiger charge is -2.12. The van der Waals surface area contributed by atoms with Crippen molar-refractivity contribution in [3.05, 3.63) is 46.5 Å². The van der Waals surface area contributed by atoms with Gasteiger partial charge in [0.2, 0.25) is 0 Å². The predicted octanol–water partition coefficient (Wildman–Crippen LogP) is 3.61. The number of hydrogen-bond acceptors (Lipinski definition) is 2. The van der Waals surface area contributed by atoms with E-state index in [4.69, 9.17) is 5.73 Å².